The van der Waals surface area contributed by atoms with Gasteiger partial charge in [-0.15, -0.1) is 0 Å². The lowest BCUT2D eigenvalue weighted by Crippen LogP contribution is -2.18. The quantitative estimate of drug-likeness (QED) is 0.886. The predicted molar refractivity (Wildman–Crippen MR) is 87.4 cm³/mol. The summed E-state index contributed by atoms with van der Waals surface area (Å²) in [6.07, 6.45) is 0. The average molecular weight is 315 g/mol. The van der Waals surface area contributed by atoms with Gasteiger partial charge in [-0.25, -0.2) is 0 Å². The van der Waals surface area contributed by atoms with Crippen LogP contribution in [-0.2, 0) is 6.54 Å². The molecule has 0 saturated carbocycles. The molecule has 1 aliphatic rings. The number of fused-ring (bicyclic) bond motifs is 1. The second-order valence-corrected chi connectivity index (χ2v) is 5.38. The number of ether oxygens (including phenoxy) is 4. The number of methoxy groups -OCH3 is 2. The molecule has 23 heavy (non-hydrogen) atoms. The smallest absolute Gasteiger partial charge is 0.231 e. The Kier molecular flexibility index (Phi) is 4.57. The average Bonchev–Trinajstić information content (AvgIpc) is 3.07. The SMILES string of the molecule is COc1ccccc1C(C)NCc1cc(OC)c2c(c1)OCO2. The lowest BCUT2D eigenvalue weighted by molar-refractivity contribution is 0.171. The number of rotatable bonds is 6. The van der Waals surface area contributed by atoms with Gasteiger partial charge in [0.1, 0.15) is 5.75 Å². The number of benzene rings is 2. The van der Waals surface area contributed by atoms with Crippen molar-refractivity contribution >= 4 is 0 Å². The summed E-state index contributed by atoms with van der Waals surface area (Å²) < 4.78 is 21.7. The number of hydrogen-bond donors (Lipinski definition) is 1. The van der Waals surface area contributed by atoms with Gasteiger partial charge in [0.05, 0.1) is 14.2 Å². The minimum atomic E-state index is 0.155. The van der Waals surface area contributed by atoms with E-state index >= 15 is 0 Å². The van der Waals surface area contributed by atoms with Crippen LogP contribution in [0.3, 0.4) is 0 Å². The lowest BCUT2D eigenvalue weighted by Gasteiger charge is -2.17. The Bertz CT molecular complexity index is 687. The molecule has 0 aliphatic carbocycles. The van der Waals surface area contributed by atoms with E-state index in [0.717, 1.165) is 22.6 Å². The van der Waals surface area contributed by atoms with Gasteiger partial charge >= 0.3 is 0 Å². The number of hydrogen-bond acceptors (Lipinski definition) is 5. The van der Waals surface area contributed by atoms with E-state index in [2.05, 4.69) is 18.3 Å². The van der Waals surface area contributed by atoms with Crippen LogP contribution in [0, 0.1) is 0 Å². The summed E-state index contributed by atoms with van der Waals surface area (Å²) >= 11 is 0. The van der Waals surface area contributed by atoms with Crippen molar-refractivity contribution in [3.8, 4) is 23.0 Å². The van der Waals surface area contributed by atoms with Crippen molar-refractivity contribution < 1.29 is 18.9 Å². The zero-order valence-corrected chi connectivity index (χ0v) is 13.6. The van der Waals surface area contributed by atoms with Gasteiger partial charge in [0, 0.05) is 18.2 Å². The molecule has 0 amide bonds. The van der Waals surface area contributed by atoms with E-state index in [0.29, 0.717) is 18.0 Å². The topological polar surface area (TPSA) is 49.0 Å². The first-order valence-electron chi connectivity index (χ1n) is 7.55. The highest BCUT2D eigenvalue weighted by atomic mass is 16.7. The molecule has 5 heteroatoms. The van der Waals surface area contributed by atoms with Crippen molar-refractivity contribution in [3.05, 3.63) is 47.5 Å². The van der Waals surface area contributed by atoms with Crippen molar-refractivity contribution in [1.29, 1.82) is 0 Å². The van der Waals surface area contributed by atoms with Gasteiger partial charge in [-0.3, -0.25) is 0 Å². The molecule has 1 aliphatic heterocycles. The summed E-state index contributed by atoms with van der Waals surface area (Å²) in [5, 5.41) is 3.50. The highest BCUT2D eigenvalue weighted by molar-refractivity contribution is 5.55. The monoisotopic (exact) mass is 315 g/mol. The Morgan fingerprint density at radius 1 is 1.09 bits per heavy atom. The summed E-state index contributed by atoms with van der Waals surface area (Å²) in [7, 11) is 3.32. The summed E-state index contributed by atoms with van der Waals surface area (Å²) in [5.41, 5.74) is 2.20. The van der Waals surface area contributed by atoms with Crippen LogP contribution < -0.4 is 24.3 Å². The normalized spacial score (nSPS) is 13.7. The van der Waals surface area contributed by atoms with E-state index in [1.54, 1.807) is 14.2 Å². The van der Waals surface area contributed by atoms with Gasteiger partial charge in [0.15, 0.2) is 11.5 Å². The summed E-state index contributed by atoms with van der Waals surface area (Å²) in [5.74, 6) is 2.98. The first-order valence-corrected chi connectivity index (χ1v) is 7.55. The van der Waals surface area contributed by atoms with Crippen molar-refractivity contribution in [2.24, 2.45) is 0 Å². The van der Waals surface area contributed by atoms with Crippen LogP contribution in [0.25, 0.3) is 0 Å². The van der Waals surface area contributed by atoms with E-state index in [1.165, 1.54) is 0 Å². The van der Waals surface area contributed by atoms with E-state index in [9.17, 15) is 0 Å². The van der Waals surface area contributed by atoms with Crippen molar-refractivity contribution in [1.82, 2.24) is 5.32 Å². The third-order valence-corrected chi connectivity index (χ3v) is 3.94. The second kappa shape index (κ2) is 6.79. The Labute approximate surface area is 136 Å². The van der Waals surface area contributed by atoms with E-state index < -0.39 is 0 Å². The minimum Gasteiger partial charge on any atom is -0.496 e. The van der Waals surface area contributed by atoms with Crippen LogP contribution in [0.1, 0.15) is 24.1 Å². The van der Waals surface area contributed by atoms with E-state index in [-0.39, 0.29) is 12.8 Å². The van der Waals surface area contributed by atoms with E-state index in [1.807, 2.05) is 30.3 Å². The van der Waals surface area contributed by atoms with Crippen molar-refractivity contribution in [2.45, 2.75) is 19.5 Å². The maximum absolute atomic E-state index is 5.46. The third kappa shape index (κ3) is 3.19. The summed E-state index contributed by atoms with van der Waals surface area (Å²) in [6.45, 7) is 3.04. The summed E-state index contributed by atoms with van der Waals surface area (Å²) in [4.78, 5) is 0. The second-order valence-electron chi connectivity index (χ2n) is 5.38. The molecular formula is C18H21NO4. The first-order chi connectivity index (χ1) is 11.2. The van der Waals surface area contributed by atoms with Gasteiger partial charge < -0.3 is 24.3 Å². The molecule has 0 spiro atoms. The van der Waals surface area contributed by atoms with Crippen molar-refractivity contribution in [3.63, 3.8) is 0 Å². The molecule has 2 aromatic carbocycles. The number of nitrogens with one attached hydrogen (secondary N) is 1. The molecule has 122 valence electrons. The maximum atomic E-state index is 5.46. The van der Waals surface area contributed by atoms with Crippen LogP contribution in [0.2, 0.25) is 0 Å². The molecule has 0 bridgehead atoms. The number of para-hydroxylation sites is 1. The Morgan fingerprint density at radius 3 is 2.65 bits per heavy atom. The zero-order chi connectivity index (χ0) is 16.2. The fourth-order valence-electron chi connectivity index (χ4n) is 2.69. The van der Waals surface area contributed by atoms with Gasteiger partial charge in [0.2, 0.25) is 12.5 Å². The maximum Gasteiger partial charge on any atom is 0.231 e. The molecule has 0 fully saturated rings. The van der Waals surface area contributed by atoms with Crippen LogP contribution in [-0.4, -0.2) is 21.0 Å². The minimum absolute atomic E-state index is 0.155. The molecule has 2 aromatic rings. The van der Waals surface area contributed by atoms with Gasteiger partial charge in [-0.05, 0) is 30.7 Å². The molecule has 3 rings (SSSR count). The highest BCUT2D eigenvalue weighted by Crippen LogP contribution is 2.41. The Balaban J connectivity index is 1.73. The molecule has 1 atom stereocenters. The Morgan fingerprint density at radius 2 is 1.87 bits per heavy atom. The van der Waals surface area contributed by atoms with Gasteiger partial charge in [-0.1, -0.05) is 18.2 Å². The van der Waals surface area contributed by atoms with Gasteiger partial charge in [0.25, 0.3) is 0 Å². The Hall–Kier alpha value is -2.40. The fourth-order valence-corrected chi connectivity index (χ4v) is 2.69. The highest BCUT2D eigenvalue weighted by Gasteiger charge is 2.20. The largest absolute Gasteiger partial charge is 0.496 e. The van der Waals surface area contributed by atoms with Crippen LogP contribution >= 0.6 is 0 Å². The predicted octanol–water partition coefficient (Wildman–Crippen LogP) is 3.28. The van der Waals surface area contributed by atoms with Crippen LogP contribution in [0.5, 0.6) is 23.0 Å². The molecule has 1 N–H and O–H groups in total. The lowest BCUT2D eigenvalue weighted by atomic mass is 10.1. The molecule has 1 unspecified atom stereocenters. The fraction of sp³-hybridized carbons (Fsp3) is 0.333. The van der Waals surface area contributed by atoms with Crippen LogP contribution in [0.4, 0.5) is 0 Å². The first kappa shape index (κ1) is 15.5. The van der Waals surface area contributed by atoms with E-state index in [4.69, 9.17) is 18.9 Å². The third-order valence-electron chi connectivity index (χ3n) is 3.94. The molecular weight excluding hydrogens is 294 g/mol. The molecule has 0 radical (unpaired) electrons. The van der Waals surface area contributed by atoms with Gasteiger partial charge in [-0.2, -0.15) is 0 Å². The van der Waals surface area contributed by atoms with Crippen molar-refractivity contribution in [2.75, 3.05) is 21.0 Å². The standard InChI is InChI=1S/C18H21NO4/c1-12(14-6-4-5-7-15(14)20-2)19-10-13-8-16(21-3)18-17(9-13)22-11-23-18/h4-9,12,19H,10-11H2,1-3H3. The molecule has 0 saturated heterocycles. The summed E-state index contributed by atoms with van der Waals surface area (Å²) in [6, 6.07) is 12.1. The molecule has 1 heterocycles. The zero-order valence-electron chi connectivity index (χ0n) is 13.6. The van der Waals surface area contributed by atoms with Crippen LogP contribution in [0.15, 0.2) is 36.4 Å². The molecule has 0 aromatic heterocycles. The molecule has 5 nitrogen and oxygen atoms in total.